The number of hydrogen-bond donors (Lipinski definition) is 0. The van der Waals surface area contributed by atoms with Gasteiger partial charge in [-0.05, 0) is 0 Å². The summed E-state index contributed by atoms with van der Waals surface area (Å²) in [5.74, 6) is 0.0695. The van der Waals surface area contributed by atoms with Gasteiger partial charge in [0.2, 0.25) is 0 Å². The van der Waals surface area contributed by atoms with E-state index in [4.69, 9.17) is 9.47 Å². The zero-order valence-corrected chi connectivity index (χ0v) is 8.09. The quantitative estimate of drug-likeness (QED) is 0.575. The van der Waals surface area contributed by atoms with Gasteiger partial charge in [-0.1, -0.05) is 12.2 Å². The van der Waals surface area contributed by atoms with Crippen molar-refractivity contribution in [2.45, 2.75) is 24.7 Å². The molecule has 3 aliphatic rings. The van der Waals surface area contributed by atoms with Crippen LogP contribution in [0.25, 0.3) is 0 Å². The topological polar surface area (TPSA) is 55.8 Å². The number of hydrogen-bond acceptors (Lipinski definition) is 4. The van der Waals surface area contributed by atoms with Crippen LogP contribution in [0.1, 0.15) is 6.42 Å². The van der Waals surface area contributed by atoms with E-state index in [9.17, 15) is 9.59 Å². The number of carbonyl (C=O) groups is 2. The first kappa shape index (κ1) is 8.91. The molecule has 3 atom stereocenters. The van der Waals surface area contributed by atoms with Gasteiger partial charge in [-0.3, -0.25) is 9.69 Å². The van der Waals surface area contributed by atoms with Gasteiger partial charge >= 0.3 is 6.09 Å². The van der Waals surface area contributed by atoms with Crippen LogP contribution >= 0.6 is 0 Å². The van der Waals surface area contributed by atoms with Crippen molar-refractivity contribution >= 4 is 11.9 Å². The molecule has 3 aliphatic heterocycles. The van der Waals surface area contributed by atoms with E-state index in [-0.39, 0.29) is 18.0 Å². The Morgan fingerprint density at radius 3 is 2.93 bits per heavy atom. The summed E-state index contributed by atoms with van der Waals surface area (Å²) in [5.41, 5.74) is 0. The number of cyclic esters (lactones) is 1. The third-order valence-corrected chi connectivity index (χ3v) is 3.02. The minimum absolute atomic E-state index is 0.0695. The Balaban J connectivity index is 1.87. The third kappa shape index (κ3) is 1.26. The molecule has 1 unspecified atom stereocenters. The van der Waals surface area contributed by atoms with Gasteiger partial charge in [0.25, 0.3) is 0 Å². The molecule has 80 valence electrons. The molecule has 5 nitrogen and oxygen atoms in total. The van der Waals surface area contributed by atoms with Crippen molar-refractivity contribution in [3.8, 4) is 0 Å². The van der Waals surface area contributed by atoms with Crippen LogP contribution in [0.15, 0.2) is 12.2 Å². The average Bonchev–Trinajstić information content (AvgIpc) is 2.76. The van der Waals surface area contributed by atoms with Crippen LogP contribution in [0.5, 0.6) is 0 Å². The van der Waals surface area contributed by atoms with Gasteiger partial charge in [0.05, 0.1) is 12.6 Å². The number of fused-ring (bicyclic) bond motifs is 2. The largest absolute Gasteiger partial charge is 0.448 e. The van der Waals surface area contributed by atoms with Crippen LogP contribution in [0.3, 0.4) is 0 Å². The Labute approximate surface area is 86.6 Å². The van der Waals surface area contributed by atoms with Crippen molar-refractivity contribution in [3.05, 3.63) is 12.2 Å². The van der Waals surface area contributed by atoms with Crippen LogP contribution < -0.4 is 0 Å². The van der Waals surface area contributed by atoms with Crippen molar-refractivity contribution < 1.29 is 19.1 Å². The summed E-state index contributed by atoms with van der Waals surface area (Å²) in [6.07, 6.45) is 3.35. The summed E-state index contributed by atoms with van der Waals surface area (Å²) in [6.45, 7) is 0.843. The Morgan fingerprint density at radius 2 is 2.20 bits per heavy atom. The normalized spacial score (nSPS) is 38.7. The molecule has 3 rings (SSSR count). The minimum Gasteiger partial charge on any atom is -0.448 e. The van der Waals surface area contributed by atoms with Crippen LogP contribution in [0.4, 0.5) is 4.79 Å². The number of ether oxygens (including phenoxy) is 2. The molecule has 0 aromatic rings. The van der Waals surface area contributed by atoms with E-state index in [1.165, 1.54) is 4.90 Å². The molecule has 2 saturated heterocycles. The first-order valence-electron chi connectivity index (χ1n) is 5.05. The lowest BCUT2D eigenvalue weighted by atomic mass is 10.0. The summed E-state index contributed by atoms with van der Waals surface area (Å²) in [6, 6.07) is -0.477. The molecular weight excluding hydrogens is 198 g/mol. The monoisotopic (exact) mass is 209 g/mol. The summed E-state index contributed by atoms with van der Waals surface area (Å²) in [4.78, 5) is 24.7. The number of rotatable bonds is 1. The van der Waals surface area contributed by atoms with Crippen molar-refractivity contribution in [2.75, 3.05) is 13.2 Å². The van der Waals surface area contributed by atoms with Crippen molar-refractivity contribution in [1.82, 2.24) is 4.90 Å². The lowest BCUT2D eigenvalue weighted by Gasteiger charge is -2.33. The molecule has 2 bridgehead atoms. The Hall–Kier alpha value is -1.36. The number of Topliss-reactive ketones (excluding diaryl/α,β-unsaturated/α-hetero) is 1. The predicted octanol–water partition coefficient (Wildman–Crippen LogP) is 0.104. The fourth-order valence-corrected chi connectivity index (χ4v) is 2.33. The number of carbonyl (C=O) groups excluding carboxylic acids is 2. The molecule has 0 aromatic carbocycles. The van der Waals surface area contributed by atoms with E-state index in [0.29, 0.717) is 19.6 Å². The highest BCUT2D eigenvalue weighted by Crippen LogP contribution is 2.29. The fourth-order valence-electron chi connectivity index (χ4n) is 2.33. The van der Waals surface area contributed by atoms with Crippen LogP contribution in [-0.4, -0.2) is 48.2 Å². The van der Waals surface area contributed by atoms with E-state index in [0.717, 1.165) is 0 Å². The molecule has 0 aliphatic carbocycles. The van der Waals surface area contributed by atoms with Gasteiger partial charge < -0.3 is 9.47 Å². The number of nitrogens with zero attached hydrogens (tertiary/aromatic N) is 1. The van der Waals surface area contributed by atoms with Gasteiger partial charge in [-0.2, -0.15) is 0 Å². The number of amides is 1. The van der Waals surface area contributed by atoms with Gasteiger partial charge in [-0.25, -0.2) is 4.79 Å². The fraction of sp³-hybridized carbons (Fsp3) is 0.600. The first-order valence-corrected chi connectivity index (χ1v) is 5.05. The van der Waals surface area contributed by atoms with Crippen molar-refractivity contribution in [2.24, 2.45) is 0 Å². The summed E-state index contributed by atoms with van der Waals surface area (Å²) >= 11 is 0. The molecule has 15 heavy (non-hydrogen) atoms. The van der Waals surface area contributed by atoms with E-state index in [1.807, 2.05) is 12.2 Å². The number of ketones is 1. The molecule has 1 amide bonds. The van der Waals surface area contributed by atoms with Gasteiger partial charge in [0, 0.05) is 6.42 Å². The smallest absolute Gasteiger partial charge is 0.410 e. The second-order valence-electron chi connectivity index (χ2n) is 3.95. The maximum atomic E-state index is 11.8. The molecule has 5 heteroatoms. The van der Waals surface area contributed by atoms with Gasteiger partial charge in [-0.15, -0.1) is 0 Å². The van der Waals surface area contributed by atoms with Gasteiger partial charge in [0.15, 0.2) is 5.78 Å². The SMILES string of the molecule is O=C1C[C@H]2C=C[C@H](O2)C1N1CCOC1=O. The molecule has 0 saturated carbocycles. The lowest BCUT2D eigenvalue weighted by Crippen LogP contribution is -2.52. The zero-order valence-electron chi connectivity index (χ0n) is 8.09. The highest BCUT2D eigenvalue weighted by molar-refractivity contribution is 5.90. The van der Waals surface area contributed by atoms with Gasteiger partial charge in [0.1, 0.15) is 18.8 Å². The summed E-state index contributed by atoms with van der Waals surface area (Å²) < 4.78 is 10.4. The molecule has 3 heterocycles. The molecule has 0 radical (unpaired) electrons. The summed E-state index contributed by atoms with van der Waals surface area (Å²) in [5, 5.41) is 0. The highest BCUT2D eigenvalue weighted by Gasteiger charge is 2.45. The van der Waals surface area contributed by atoms with Crippen LogP contribution in [-0.2, 0) is 14.3 Å². The Bertz CT molecular complexity index is 351. The maximum Gasteiger partial charge on any atom is 0.410 e. The average molecular weight is 209 g/mol. The predicted molar refractivity (Wildman–Crippen MR) is 49.3 cm³/mol. The van der Waals surface area contributed by atoms with E-state index < -0.39 is 12.1 Å². The molecule has 0 N–H and O–H groups in total. The van der Waals surface area contributed by atoms with Crippen LogP contribution in [0, 0.1) is 0 Å². The Kier molecular flexibility index (Phi) is 1.82. The second kappa shape index (κ2) is 3.06. The van der Waals surface area contributed by atoms with E-state index >= 15 is 0 Å². The highest BCUT2D eigenvalue weighted by atomic mass is 16.6. The molecule has 0 aromatic heterocycles. The van der Waals surface area contributed by atoms with E-state index in [2.05, 4.69) is 0 Å². The molecule has 2 fully saturated rings. The first-order chi connectivity index (χ1) is 7.25. The third-order valence-electron chi connectivity index (χ3n) is 3.02. The standard InChI is InChI=1S/C10H11NO4/c12-7-5-6-1-2-8(15-6)9(7)11-3-4-14-10(11)13/h1-2,6,8-9H,3-5H2/t6-,8+,9?/m1/s1. The summed E-state index contributed by atoms with van der Waals surface area (Å²) in [7, 11) is 0. The lowest BCUT2D eigenvalue weighted by molar-refractivity contribution is -0.136. The van der Waals surface area contributed by atoms with Crippen LogP contribution in [0.2, 0.25) is 0 Å². The van der Waals surface area contributed by atoms with E-state index in [1.54, 1.807) is 0 Å². The van der Waals surface area contributed by atoms with Crippen molar-refractivity contribution in [3.63, 3.8) is 0 Å². The second-order valence-corrected chi connectivity index (χ2v) is 3.95. The maximum absolute atomic E-state index is 11.8. The van der Waals surface area contributed by atoms with Crippen molar-refractivity contribution in [1.29, 1.82) is 0 Å². The zero-order chi connectivity index (χ0) is 10.4. The Morgan fingerprint density at radius 1 is 1.33 bits per heavy atom. The minimum atomic E-state index is -0.477. The molecule has 0 spiro atoms. The molecular formula is C10H11NO4.